The third kappa shape index (κ3) is 3.21. The summed E-state index contributed by atoms with van der Waals surface area (Å²) < 4.78 is 18.2. The van der Waals surface area contributed by atoms with Crippen molar-refractivity contribution in [3.05, 3.63) is 66.0 Å². The van der Waals surface area contributed by atoms with Crippen LogP contribution in [0.3, 0.4) is 0 Å². The molecular weight excluding hydrogens is 283 g/mol. The van der Waals surface area contributed by atoms with Crippen molar-refractivity contribution in [2.75, 3.05) is 7.11 Å². The van der Waals surface area contributed by atoms with Crippen molar-refractivity contribution in [3.8, 4) is 0 Å². The maximum atomic E-state index is 13.1. The van der Waals surface area contributed by atoms with Gasteiger partial charge in [-0.15, -0.1) is 0 Å². The third-order valence-electron chi connectivity index (χ3n) is 3.88. The highest BCUT2D eigenvalue weighted by Gasteiger charge is 2.40. The number of rotatable bonds is 4. The first-order valence-corrected chi connectivity index (χ1v) is 9.93. The summed E-state index contributed by atoms with van der Waals surface area (Å²) in [5.41, 5.74) is 0.453. The molecule has 4 heteroatoms. The van der Waals surface area contributed by atoms with Crippen molar-refractivity contribution in [2.45, 2.75) is 18.6 Å². The molecule has 110 valence electrons. The topological polar surface area (TPSA) is 26.3 Å². The summed E-state index contributed by atoms with van der Waals surface area (Å²) in [5.74, 6) is -0.566. The molecule has 0 bridgehead atoms. The smallest absolute Gasteiger partial charge is 0.310 e. The average Bonchev–Trinajstić information content (AvgIpc) is 2.50. The predicted molar refractivity (Wildman–Crippen MR) is 84.7 cm³/mol. The Bertz CT molecular complexity index is 608. The summed E-state index contributed by atoms with van der Waals surface area (Å²) in [6.45, 7) is 4.26. The van der Waals surface area contributed by atoms with E-state index in [1.165, 1.54) is 24.4 Å². The lowest BCUT2D eigenvalue weighted by Gasteiger charge is -2.31. The van der Waals surface area contributed by atoms with Gasteiger partial charge in [0.05, 0.1) is 12.7 Å². The van der Waals surface area contributed by atoms with Crippen LogP contribution in [0.1, 0.15) is 11.1 Å². The summed E-state index contributed by atoms with van der Waals surface area (Å²) in [5, 5.41) is 1.17. The minimum atomic E-state index is -2.15. The number of halogens is 1. The predicted octanol–water partition coefficient (Wildman–Crippen LogP) is 3.24. The molecule has 0 saturated heterocycles. The summed E-state index contributed by atoms with van der Waals surface area (Å²) in [7, 11) is -0.751. The van der Waals surface area contributed by atoms with Crippen molar-refractivity contribution < 1.29 is 13.9 Å². The van der Waals surface area contributed by atoms with Crippen molar-refractivity contribution in [2.24, 2.45) is 0 Å². The summed E-state index contributed by atoms with van der Waals surface area (Å²) >= 11 is 0. The van der Waals surface area contributed by atoms with E-state index in [2.05, 4.69) is 13.1 Å². The molecule has 1 atom stereocenters. The third-order valence-corrected chi connectivity index (χ3v) is 7.71. The highest BCUT2D eigenvalue weighted by atomic mass is 28.3. The van der Waals surface area contributed by atoms with E-state index in [1.807, 2.05) is 30.3 Å². The van der Waals surface area contributed by atoms with E-state index in [0.717, 1.165) is 5.56 Å². The lowest BCUT2D eigenvalue weighted by molar-refractivity contribution is -0.140. The van der Waals surface area contributed by atoms with Crippen molar-refractivity contribution >= 4 is 19.2 Å². The number of hydrogen-bond donors (Lipinski definition) is 0. The summed E-state index contributed by atoms with van der Waals surface area (Å²) in [6, 6.07) is 16.1. The van der Waals surface area contributed by atoms with Gasteiger partial charge in [-0.1, -0.05) is 60.7 Å². The molecule has 0 heterocycles. The van der Waals surface area contributed by atoms with Crippen LogP contribution in [0.25, 0.3) is 0 Å². The molecule has 0 aromatic heterocycles. The number of carbonyl (C=O) groups excluding carboxylic acids is 1. The normalized spacial score (nSPS) is 12.8. The molecule has 0 aliphatic carbocycles. The zero-order valence-electron chi connectivity index (χ0n) is 12.5. The van der Waals surface area contributed by atoms with Crippen LogP contribution in [0.5, 0.6) is 0 Å². The van der Waals surface area contributed by atoms with E-state index in [-0.39, 0.29) is 17.3 Å². The molecule has 0 N–H and O–H groups in total. The molecule has 0 aliphatic rings. The number of esters is 1. The van der Waals surface area contributed by atoms with Crippen LogP contribution in [0.2, 0.25) is 13.1 Å². The fourth-order valence-electron chi connectivity index (χ4n) is 2.65. The maximum absolute atomic E-state index is 13.1. The van der Waals surface area contributed by atoms with Crippen LogP contribution in [0, 0.1) is 5.82 Å². The SMILES string of the molecule is COC(=O)C(c1ccc(F)cc1)[Si](C)(C)c1ccccc1. The van der Waals surface area contributed by atoms with Crippen LogP contribution < -0.4 is 5.19 Å². The maximum Gasteiger partial charge on any atom is 0.310 e. The molecule has 0 aliphatic heterocycles. The fraction of sp³-hybridized carbons (Fsp3) is 0.235. The molecule has 0 fully saturated rings. The molecule has 21 heavy (non-hydrogen) atoms. The van der Waals surface area contributed by atoms with Crippen LogP contribution in [-0.4, -0.2) is 21.2 Å². The van der Waals surface area contributed by atoms with E-state index < -0.39 is 8.07 Å². The fourth-order valence-corrected chi connectivity index (χ4v) is 5.77. The highest BCUT2D eigenvalue weighted by molar-refractivity contribution is 6.93. The molecule has 0 amide bonds. The quantitative estimate of drug-likeness (QED) is 0.640. The molecule has 0 radical (unpaired) electrons. The molecule has 2 rings (SSSR count). The standard InChI is InChI=1S/C17H19FO2Si/c1-20-17(19)16(13-9-11-14(18)12-10-13)21(2,3)15-7-5-4-6-8-15/h4-12,16H,1-3H3. The van der Waals surface area contributed by atoms with Crippen LogP contribution in [0.15, 0.2) is 54.6 Å². The minimum Gasteiger partial charge on any atom is -0.469 e. The number of ether oxygens (including phenoxy) is 1. The van der Waals surface area contributed by atoms with E-state index in [9.17, 15) is 9.18 Å². The Hall–Kier alpha value is -1.94. The number of carbonyl (C=O) groups is 1. The van der Waals surface area contributed by atoms with Gasteiger partial charge in [0, 0.05) is 0 Å². The first-order valence-electron chi connectivity index (χ1n) is 6.85. The van der Waals surface area contributed by atoms with Crippen LogP contribution in [0.4, 0.5) is 4.39 Å². The second-order valence-corrected chi connectivity index (χ2v) is 10.2. The van der Waals surface area contributed by atoms with Crippen molar-refractivity contribution in [1.29, 1.82) is 0 Å². The molecule has 2 aromatic carbocycles. The second kappa shape index (κ2) is 6.22. The zero-order chi connectivity index (χ0) is 15.5. The van der Waals surface area contributed by atoms with Gasteiger partial charge in [0.25, 0.3) is 0 Å². The molecule has 1 unspecified atom stereocenters. The van der Waals surface area contributed by atoms with Crippen molar-refractivity contribution in [1.82, 2.24) is 0 Å². The second-order valence-electron chi connectivity index (χ2n) is 5.60. The Balaban J connectivity index is 2.50. The van der Waals surface area contributed by atoms with Gasteiger partial charge in [0.1, 0.15) is 13.9 Å². The number of methoxy groups -OCH3 is 1. The molecule has 2 nitrogen and oxygen atoms in total. The molecule has 0 saturated carbocycles. The van der Waals surface area contributed by atoms with Crippen molar-refractivity contribution in [3.63, 3.8) is 0 Å². The van der Waals surface area contributed by atoms with Gasteiger partial charge < -0.3 is 4.74 Å². The van der Waals surface area contributed by atoms with Gasteiger partial charge in [-0.05, 0) is 17.7 Å². The Labute approximate surface area is 125 Å². The van der Waals surface area contributed by atoms with Gasteiger partial charge in [0.2, 0.25) is 0 Å². The van der Waals surface area contributed by atoms with E-state index >= 15 is 0 Å². The molecule has 2 aromatic rings. The average molecular weight is 302 g/mol. The molecule has 0 spiro atoms. The van der Waals surface area contributed by atoms with Gasteiger partial charge >= 0.3 is 5.97 Å². The Kier molecular flexibility index (Phi) is 4.58. The summed E-state index contributed by atoms with van der Waals surface area (Å²) in [6.07, 6.45) is 0. The summed E-state index contributed by atoms with van der Waals surface area (Å²) in [4.78, 5) is 12.3. The number of benzene rings is 2. The Morgan fingerprint density at radius 2 is 1.62 bits per heavy atom. The van der Waals surface area contributed by atoms with Gasteiger partial charge in [-0.3, -0.25) is 4.79 Å². The van der Waals surface area contributed by atoms with Gasteiger partial charge in [-0.25, -0.2) is 4.39 Å². The Morgan fingerprint density at radius 1 is 1.05 bits per heavy atom. The van der Waals surface area contributed by atoms with Crippen LogP contribution >= 0.6 is 0 Å². The minimum absolute atomic E-state index is 0.262. The Morgan fingerprint density at radius 3 is 2.14 bits per heavy atom. The van der Waals surface area contributed by atoms with Crippen LogP contribution in [-0.2, 0) is 9.53 Å². The lowest BCUT2D eigenvalue weighted by Crippen LogP contribution is -2.50. The monoisotopic (exact) mass is 302 g/mol. The van der Waals surface area contributed by atoms with Gasteiger partial charge in [0.15, 0.2) is 0 Å². The van der Waals surface area contributed by atoms with E-state index in [4.69, 9.17) is 4.74 Å². The lowest BCUT2D eigenvalue weighted by atomic mass is 10.1. The first kappa shape index (κ1) is 15.4. The first-order chi connectivity index (χ1) is 9.96. The zero-order valence-corrected chi connectivity index (χ0v) is 13.5. The largest absolute Gasteiger partial charge is 0.469 e. The van der Waals surface area contributed by atoms with E-state index in [1.54, 1.807) is 12.1 Å². The highest BCUT2D eigenvalue weighted by Crippen LogP contribution is 2.28. The molecular formula is C17H19FO2Si. The van der Waals surface area contributed by atoms with E-state index in [0.29, 0.717) is 0 Å². The number of hydrogen-bond acceptors (Lipinski definition) is 2. The van der Waals surface area contributed by atoms with Gasteiger partial charge in [-0.2, -0.15) is 0 Å².